The van der Waals surface area contributed by atoms with Crippen LogP contribution in [0.2, 0.25) is 0 Å². The molecule has 0 aliphatic heterocycles. The second kappa shape index (κ2) is 6.13. The Kier molecular flexibility index (Phi) is 5.12. The number of carbonyl (C=O) groups excluding carboxylic acids is 1. The predicted octanol–water partition coefficient (Wildman–Crippen LogP) is 3.26. The number of amides is 1. The zero-order chi connectivity index (χ0) is 11.3. The van der Waals surface area contributed by atoms with Crippen LogP contribution in [-0.4, -0.2) is 11.8 Å². The zero-order valence-electron chi connectivity index (χ0n) is 8.47. The number of alkyl halides is 1. The molecule has 0 saturated heterocycles. The molecule has 15 heavy (non-hydrogen) atoms. The molecule has 1 N–H and O–H groups in total. The third kappa shape index (κ3) is 4.22. The minimum atomic E-state index is -0.0135. The number of nitrogens with one attached hydrogen (secondary N) is 1. The maximum atomic E-state index is 11.3. The predicted molar refractivity (Wildman–Crippen MR) is 66.0 cm³/mol. The SMILES string of the molecule is CC(NC(=O)CCCl)c1ccc(Br)cc1. The molecule has 0 aliphatic rings. The van der Waals surface area contributed by atoms with Crippen molar-refractivity contribution in [2.75, 3.05) is 5.88 Å². The van der Waals surface area contributed by atoms with Crippen LogP contribution in [0.1, 0.15) is 24.9 Å². The van der Waals surface area contributed by atoms with Gasteiger partial charge in [0.2, 0.25) is 5.91 Å². The molecule has 1 atom stereocenters. The van der Waals surface area contributed by atoms with Crippen molar-refractivity contribution in [1.82, 2.24) is 5.32 Å². The number of hydrogen-bond donors (Lipinski definition) is 1. The molecule has 0 radical (unpaired) electrons. The number of carbonyl (C=O) groups is 1. The lowest BCUT2D eigenvalue weighted by Crippen LogP contribution is -2.26. The molecule has 0 saturated carbocycles. The van der Waals surface area contributed by atoms with Crippen LogP contribution in [0.25, 0.3) is 0 Å². The molecule has 0 spiro atoms. The Balaban J connectivity index is 2.57. The summed E-state index contributed by atoms with van der Waals surface area (Å²) in [5.41, 5.74) is 1.08. The normalized spacial score (nSPS) is 12.2. The van der Waals surface area contributed by atoms with Crippen LogP contribution in [0.5, 0.6) is 0 Å². The average Bonchev–Trinajstić information content (AvgIpc) is 2.18. The van der Waals surface area contributed by atoms with E-state index in [0.29, 0.717) is 12.3 Å². The molecule has 0 aromatic heterocycles. The monoisotopic (exact) mass is 289 g/mol. The summed E-state index contributed by atoms with van der Waals surface area (Å²) in [6.45, 7) is 1.95. The van der Waals surface area contributed by atoms with Gasteiger partial charge in [0, 0.05) is 16.8 Å². The Morgan fingerprint density at radius 3 is 2.60 bits per heavy atom. The van der Waals surface area contributed by atoms with E-state index in [-0.39, 0.29) is 11.9 Å². The molecular weight excluding hydrogens is 277 g/mol. The van der Waals surface area contributed by atoms with E-state index in [1.54, 1.807) is 0 Å². The van der Waals surface area contributed by atoms with Crippen molar-refractivity contribution in [2.45, 2.75) is 19.4 Å². The topological polar surface area (TPSA) is 29.1 Å². The van der Waals surface area contributed by atoms with Crippen LogP contribution in [0.4, 0.5) is 0 Å². The van der Waals surface area contributed by atoms with Gasteiger partial charge in [-0.2, -0.15) is 0 Å². The van der Waals surface area contributed by atoms with Gasteiger partial charge in [0.25, 0.3) is 0 Å². The van der Waals surface area contributed by atoms with Gasteiger partial charge in [0.15, 0.2) is 0 Å². The summed E-state index contributed by atoms with van der Waals surface area (Å²) in [5.74, 6) is 0.347. The lowest BCUT2D eigenvalue weighted by molar-refractivity contribution is -0.121. The van der Waals surface area contributed by atoms with E-state index in [9.17, 15) is 4.79 Å². The second-order valence-corrected chi connectivity index (χ2v) is 4.57. The first-order valence-corrected chi connectivity index (χ1v) is 6.07. The molecular formula is C11H13BrClNO. The number of rotatable bonds is 4. The Bertz CT molecular complexity index is 326. The van der Waals surface area contributed by atoms with Gasteiger partial charge in [-0.25, -0.2) is 0 Å². The summed E-state index contributed by atoms with van der Waals surface area (Å²) in [6.07, 6.45) is 0.364. The van der Waals surface area contributed by atoms with E-state index < -0.39 is 0 Å². The van der Waals surface area contributed by atoms with Crippen LogP contribution in [0.15, 0.2) is 28.7 Å². The summed E-state index contributed by atoms with van der Waals surface area (Å²) in [6, 6.07) is 7.90. The zero-order valence-corrected chi connectivity index (χ0v) is 10.8. The van der Waals surface area contributed by atoms with Gasteiger partial charge in [0.05, 0.1) is 6.04 Å². The first kappa shape index (κ1) is 12.5. The third-order valence-electron chi connectivity index (χ3n) is 2.07. The largest absolute Gasteiger partial charge is 0.350 e. The highest BCUT2D eigenvalue weighted by Crippen LogP contribution is 2.16. The Morgan fingerprint density at radius 1 is 1.47 bits per heavy atom. The van der Waals surface area contributed by atoms with Gasteiger partial charge in [0.1, 0.15) is 0 Å². The first-order valence-electron chi connectivity index (χ1n) is 4.74. The number of benzene rings is 1. The third-order valence-corrected chi connectivity index (χ3v) is 2.79. The van der Waals surface area contributed by atoms with Crippen LogP contribution >= 0.6 is 27.5 Å². The van der Waals surface area contributed by atoms with Crippen molar-refractivity contribution in [3.8, 4) is 0 Å². The van der Waals surface area contributed by atoms with Gasteiger partial charge < -0.3 is 5.32 Å². The van der Waals surface area contributed by atoms with Crippen molar-refractivity contribution in [1.29, 1.82) is 0 Å². The molecule has 1 rings (SSSR count). The molecule has 0 heterocycles. The maximum absolute atomic E-state index is 11.3. The first-order chi connectivity index (χ1) is 7.13. The van der Waals surface area contributed by atoms with Gasteiger partial charge in [-0.3, -0.25) is 4.79 Å². The fourth-order valence-corrected chi connectivity index (χ4v) is 1.67. The quantitative estimate of drug-likeness (QED) is 0.847. The minimum Gasteiger partial charge on any atom is -0.350 e. The molecule has 1 unspecified atom stereocenters. The van der Waals surface area contributed by atoms with Crippen LogP contribution in [-0.2, 0) is 4.79 Å². The highest BCUT2D eigenvalue weighted by atomic mass is 79.9. The van der Waals surface area contributed by atoms with Crippen molar-refractivity contribution >= 4 is 33.4 Å². The van der Waals surface area contributed by atoms with Gasteiger partial charge in [-0.05, 0) is 24.6 Å². The van der Waals surface area contributed by atoms with Gasteiger partial charge >= 0.3 is 0 Å². The van der Waals surface area contributed by atoms with Crippen molar-refractivity contribution in [3.63, 3.8) is 0 Å². The summed E-state index contributed by atoms with van der Waals surface area (Å²) in [5, 5.41) is 2.88. The summed E-state index contributed by atoms with van der Waals surface area (Å²) >= 11 is 8.85. The highest BCUT2D eigenvalue weighted by Gasteiger charge is 2.08. The summed E-state index contributed by atoms with van der Waals surface area (Å²) in [4.78, 5) is 11.3. The van der Waals surface area contributed by atoms with Crippen LogP contribution in [0.3, 0.4) is 0 Å². The lowest BCUT2D eigenvalue weighted by Gasteiger charge is -2.13. The molecule has 82 valence electrons. The lowest BCUT2D eigenvalue weighted by atomic mass is 10.1. The van der Waals surface area contributed by atoms with Gasteiger partial charge in [-0.15, -0.1) is 11.6 Å². The van der Waals surface area contributed by atoms with E-state index in [0.717, 1.165) is 10.0 Å². The van der Waals surface area contributed by atoms with Crippen LogP contribution < -0.4 is 5.32 Å². The molecule has 1 aromatic rings. The Labute approximate surface area is 103 Å². The standard InChI is InChI=1S/C11H13BrClNO/c1-8(14-11(15)6-7-13)9-2-4-10(12)5-3-9/h2-5,8H,6-7H2,1H3,(H,14,15). The molecule has 0 fully saturated rings. The van der Waals surface area contributed by atoms with E-state index in [4.69, 9.17) is 11.6 Å². The average molecular weight is 291 g/mol. The van der Waals surface area contributed by atoms with E-state index >= 15 is 0 Å². The minimum absolute atomic E-state index is 0.0135. The fourth-order valence-electron chi connectivity index (χ4n) is 1.23. The molecule has 0 bridgehead atoms. The summed E-state index contributed by atoms with van der Waals surface area (Å²) in [7, 11) is 0. The molecule has 1 aromatic carbocycles. The molecule has 1 amide bonds. The number of halogens is 2. The van der Waals surface area contributed by atoms with Crippen molar-refractivity contribution < 1.29 is 4.79 Å². The second-order valence-electron chi connectivity index (χ2n) is 3.28. The summed E-state index contributed by atoms with van der Waals surface area (Å²) < 4.78 is 1.03. The highest BCUT2D eigenvalue weighted by molar-refractivity contribution is 9.10. The van der Waals surface area contributed by atoms with Crippen LogP contribution in [0, 0.1) is 0 Å². The van der Waals surface area contributed by atoms with E-state index in [2.05, 4.69) is 21.2 Å². The Morgan fingerprint density at radius 2 is 2.07 bits per heavy atom. The van der Waals surface area contributed by atoms with E-state index in [1.807, 2.05) is 31.2 Å². The van der Waals surface area contributed by atoms with Crippen molar-refractivity contribution in [2.24, 2.45) is 0 Å². The number of hydrogen-bond acceptors (Lipinski definition) is 1. The fraction of sp³-hybridized carbons (Fsp3) is 0.364. The molecule has 2 nitrogen and oxygen atoms in total. The van der Waals surface area contributed by atoms with Crippen molar-refractivity contribution in [3.05, 3.63) is 34.3 Å². The molecule has 4 heteroatoms. The molecule has 0 aliphatic carbocycles. The maximum Gasteiger partial charge on any atom is 0.221 e. The smallest absolute Gasteiger partial charge is 0.221 e. The van der Waals surface area contributed by atoms with Gasteiger partial charge in [-0.1, -0.05) is 28.1 Å². The van der Waals surface area contributed by atoms with E-state index in [1.165, 1.54) is 0 Å². The Hall–Kier alpha value is -0.540.